The van der Waals surface area contributed by atoms with E-state index in [-0.39, 0.29) is 5.15 Å². The first kappa shape index (κ1) is 24.8. The minimum absolute atomic E-state index is 0.280. The molecule has 1 fully saturated rings. The maximum atomic E-state index is 12.9. The molecule has 1 unspecified atom stereocenters. The molecule has 2 aromatic rings. The van der Waals surface area contributed by atoms with Crippen LogP contribution in [0.5, 0.6) is 5.75 Å². The summed E-state index contributed by atoms with van der Waals surface area (Å²) in [7, 11) is -3.54. The molecule has 0 radical (unpaired) electrons. The van der Waals surface area contributed by atoms with Crippen LogP contribution < -0.4 is 9.04 Å². The predicted octanol–water partition coefficient (Wildman–Crippen LogP) is 4.28. The van der Waals surface area contributed by atoms with Crippen LogP contribution in [0.3, 0.4) is 0 Å². The standard InChI is InChI=1S/C24H31ClN4O4S/c1-3-33-27-23-7-4-19-16-21(5-6-22(19)23)32-15-10-18(2)9-12-28-13-14-29(34(28,30)31)20-8-11-26-24(25)17-20/h5-6,8,11,16-18H,3-4,7,9-10,12-15H2,1-2H3. The fraction of sp³-hybridized carbons (Fsp3) is 0.500. The second-order valence-electron chi connectivity index (χ2n) is 8.62. The summed E-state index contributed by atoms with van der Waals surface area (Å²) in [6.07, 6.45) is 4.98. The van der Waals surface area contributed by atoms with Gasteiger partial charge >= 0.3 is 10.2 Å². The Balaban J connectivity index is 1.23. The van der Waals surface area contributed by atoms with Crippen molar-refractivity contribution < 1.29 is 18.0 Å². The fourth-order valence-electron chi connectivity index (χ4n) is 4.27. The number of benzene rings is 1. The van der Waals surface area contributed by atoms with Gasteiger partial charge in [0.25, 0.3) is 0 Å². The van der Waals surface area contributed by atoms with Gasteiger partial charge in [-0.3, -0.25) is 4.31 Å². The molecule has 1 aromatic heterocycles. The minimum Gasteiger partial charge on any atom is -0.494 e. The Hall–Kier alpha value is -2.36. The average molecular weight is 507 g/mol. The summed E-state index contributed by atoms with van der Waals surface area (Å²) >= 11 is 5.93. The van der Waals surface area contributed by atoms with Gasteiger partial charge in [-0.05, 0) is 74.4 Å². The van der Waals surface area contributed by atoms with Crippen LogP contribution in [0.2, 0.25) is 5.15 Å². The monoisotopic (exact) mass is 506 g/mol. The highest BCUT2D eigenvalue weighted by atomic mass is 35.5. The number of aryl methyl sites for hydroxylation is 1. The average Bonchev–Trinajstić information content (AvgIpc) is 3.35. The smallest absolute Gasteiger partial charge is 0.304 e. The first-order valence-electron chi connectivity index (χ1n) is 11.7. The predicted molar refractivity (Wildman–Crippen MR) is 134 cm³/mol. The van der Waals surface area contributed by atoms with Gasteiger partial charge in [-0.15, -0.1) is 0 Å². The SMILES string of the molecule is CCON=C1CCc2cc(OCCC(C)CCN3CCN(c4ccnc(Cl)c4)S3(=O)=O)ccc21. The number of hydrogen-bond donors (Lipinski definition) is 0. The van der Waals surface area contributed by atoms with Crippen molar-refractivity contribution in [3.05, 3.63) is 52.8 Å². The number of aromatic nitrogens is 1. The van der Waals surface area contributed by atoms with Gasteiger partial charge in [-0.2, -0.15) is 12.7 Å². The van der Waals surface area contributed by atoms with Gasteiger partial charge in [-0.1, -0.05) is 23.7 Å². The number of rotatable bonds is 10. The Morgan fingerprint density at radius 2 is 2.03 bits per heavy atom. The van der Waals surface area contributed by atoms with Crippen LogP contribution in [0.4, 0.5) is 5.69 Å². The Bertz CT molecular complexity index is 1140. The van der Waals surface area contributed by atoms with E-state index in [1.54, 1.807) is 16.4 Å². The third-order valence-electron chi connectivity index (χ3n) is 6.23. The number of pyridine rings is 1. The third kappa shape index (κ3) is 5.64. The van der Waals surface area contributed by atoms with Crippen LogP contribution in [-0.2, 0) is 21.5 Å². The zero-order chi connectivity index (χ0) is 24.1. The van der Waals surface area contributed by atoms with Gasteiger partial charge < -0.3 is 9.57 Å². The lowest BCUT2D eigenvalue weighted by molar-refractivity contribution is 0.158. The molecule has 2 aliphatic rings. The van der Waals surface area contributed by atoms with Crippen LogP contribution in [0.1, 0.15) is 44.2 Å². The molecule has 1 saturated heterocycles. The summed E-state index contributed by atoms with van der Waals surface area (Å²) in [5.74, 6) is 1.19. The van der Waals surface area contributed by atoms with E-state index in [1.165, 1.54) is 16.1 Å². The normalized spacial score (nSPS) is 19.4. The quantitative estimate of drug-likeness (QED) is 0.354. The summed E-state index contributed by atoms with van der Waals surface area (Å²) < 4.78 is 34.8. The van der Waals surface area contributed by atoms with Crippen LogP contribution >= 0.6 is 11.6 Å². The Morgan fingerprint density at radius 3 is 2.82 bits per heavy atom. The van der Waals surface area contributed by atoms with E-state index in [2.05, 4.69) is 29.2 Å². The second-order valence-corrected chi connectivity index (χ2v) is 10.9. The van der Waals surface area contributed by atoms with E-state index in [0.29, 0.717) is 44.5 Å². The molecule has 0 spiro atoms. The maximum absolute atomic E-state index is 12.9. The lowest BCUT2D eigenvalue weighted by Gasteiger charge is -2.21. The van der Waals surface area contributed by atoms with Crippen molar-refractivity contribution in [1.82, 2.24) is 9.29 Å². The van der Waals surface area contributed by atoms with Gasteiger partial charge in [0, 0.05) is 31.4 Å². The van der Waals surface area contributed by atoms with Crippen LogP contribution in [0.25, 0.3) is 0 Å². The number of fused-ring (bicyclic) bond motifs is 1. The van der Waals surface area contributed by atoms with Crippen molar-refractivity contribution in [2.24, 2.45) is 11.1 Å². The van der Waals surface area contributed by atoms with Crippen molar-refractivity contribution in [3.8, 4) is 5.75 Å². The van der Waals surface area contributed by atoms with Crippen molar-refractivity contribution in [2.45, 2.75) is 39.5 Å². The van der Waals surface area contributed by atoms with Crippen LogP contribution in [-0.4, -0.2) is 56.3 Å². The number of nitrogens with zero attached hydrogens (tertiary/aromatic N) is 4. The molecule has 184 valence electrons. The molecule has 0 bridgehead atoms. The second kappa shape index (κ2) is 10.9. The van der Waals surface area contributed by atoms with E-state index in [0.717, 1.165) is 42.7 Å². The van der Waals surface area contributed by atoms with E-state index >= 15 is 0 Å². The molecule has 1 aliphatic heterocycles. The highest BCUT2D eigenvalue weighted by molar-refractivity contribution is 7.90. The zero-order valence-electron chi connectivity index (χ0n) is 19.6. The number of halogens is 1. The minimum atomic E-state index is -3.54. The molecule has 1 aliphatic carbocycles. The van der Waals surface area contributed by atoms with Gasteiger partial charge in [0.2, 0.25) is 0 Å². The molecule has 1 aromatic carbocycles. The number of oxime groups is 1. The third-order valence-corrected chi connectivity index (χ3v) is 8.40. The first-order valence-corrected chi connectivity index (χ1v) is 13.5. The topological polar surface area (TPSA) is 84.3 Å². The van der Waals surface area contributed by atoms with Crippen LogP contribution in [0.15, 0.2) is 41.7 Å². The molecule has 0 saturated carbocycles. The molecule has 2 heterocycles. The van der Waals surface area contributed by atoms with Gasteiger partial charge in [0.05, 0.1) is 18.0 Å². The van der Waals surface area contributed by atoms with Crippen molar-refractivity contribution >= 4 is 33.2 Å². The molecule has 10 heteroatoms. The van der Waals surface area contributed by atoms with Crippen molar-refractivity contribution in [2.75, 3.05) is 37.2 Å². The van der Waals surface area contributed by atoms with Gasteiger partial charge in [0.15, 0.2) is 0 Å². The molecule has 34 heavy (non-hydrogen) atoms. The Kier molecular flexibility index (Phi) is 7.95. The molecule has 4 rings (SSSR count). The number of anilines is 1. The molecule has 1 atom stereocenters. The van der Waals surface area contributed by atoms with E-state index in [4.69, 9.17) is 21.2 Å². The fourth-order valence-corrected chi connectivity index (χ4v) is 6.06. The van der Waals surface area contributed by atoms with Gasteiger partial charge in [-0.25, -0.2) is 4.98 Å². The zero-order valence-corrected chi connectivity index (χ0v) is 21.2. The lowest BCUT2D eigenvalue weighted by Crippen LogP contribution is -2.34. The van der Waals surface area contributed by atoms with Gasteiger partial charge in [0.1, 0.15) is 17.5 Å². The van der Waals surface area contributed by atoms with Crippen molar-refractivity contribution in [3.63, 3.8) is 0 Å². The summed E-state index contributed by atoms with van der Waals surface area (Å²) in [6.45, 7) is 6.58. The molecule has 8 nitrogen and oxygen atoms in total. The lowest BCUT2D eigenvalue weighted by atomic mass is 10.0. The molecule has 0 N–H and O–H groups in total. The molecule has 0 amide bonds. The highest BCUT2D eigenvalue weighted by Gasteiger charge is 2.36. The van der Waals surface area contributed by atoms with E-state index < -0.39 is 10.2 Å². The van der Waals surface area contributed by atoms with Crippen molar-refractivity contribution in [1.29, 1.82) is 0 Å². The summed E-state index contributed by atoms with van der Waals surface area (Å²) in [4.78, 5) is 9.13. The maximum Gasteiger partial charge on any atom is 0.304 e. The Morgan fingerprint density at radius 1 is 1.18 bits per heavy atom. The largest absolute Gasteiger partial charge is 0.494 e. The number of ether oxygens (including phenoxy) is 1. The van der Waals surface area contributed by atoms with Crippen LogP contribution in [0, 0.1) is 5.92 Å². The summed E-state index contributed by atoms with van der Waals surface area (Å²) in [5, 5.41) is 4.48. The summed E-state index contributed by atoms with van der Waals surface area (Å²) in [6, 6.07) is 9.36. The first-order chi connectivity index (χ1) is 16.4. The highest BCUT2D eigenvalue weighted by Crippen LogP contribution is 2.28. The molecular weight excluding hydrogens is 476 g/mol. The van der Waals surface area contributed by atoms with E-state index in [9.17, 15) is 8.42 Å². The van der Waals surface area contributed by atoms with E-state index in [1.807, 2.05) is 13.0 Å². The molecular formula is C24H31ClN4O4S. The number of hydrogen-bond acceptors (Lipinski definition) is 6. The summed E-state index contributed by atoms with van der Waals surface area (Å²) in [5.41, 5.74) is 3.93. The Labute approximate surface area is 206 Å².